The Morgan fingerprint density at radius 2 is 1.70 bits per heavy atom. The van der Waals surface area contributed by atoms with E-state index in [1.807, 2.05) is 19.1 Å². The molecule has 3 aromatic carbocycles. The molecule has 0 fully saturated rings. The van der Waals surface area contributed by atoms with Gasteiger partial charge in [-0.05, 0) is 66.8 Å². The third kappa shape index (κ3) is 5.03. The van der Waals surface area contributed by atoms with Crippen molar-refractivity contribution in [3.8, 4) is 11.5 Å². The van der Waals surface area contributed by atoms with Crippen LogP contribution in [0.25, 0.3) is 11.0 Å². The minimum absolute atomic E-state index is 0.0886. The fourth-order valence-electron chi connectivity index (χ4n) is 5.07. The van der Waals surface area contributed by atoms with Gasteiger partial charge in [0.25, 0.3) is 0 Å². The highest BCUT2D eigenvalue weighted by atomic mass is 16.5. The van der Waals surface area contributed by atoms with Crippen molar-refractivity contribution >= 4 is 17.0 Å². The number of aromatic nitrogens is 2. The lowest BCUT2D eigenvalue weighted by Gasteiger charge is -2.27. The Labute approximate surface area is 214 Å². The predicted octanol–water partition coefficient (Wildman–Crippen LogP) is 4.42. The Balaban J connectivity index is 1.47. The van der Waals surface area contributed by atoms with Crippen LogP contribution in [0, 0.1) is 6.92 Å². The standard InChI is InChI=1S/C29H30N2O6/c1-16-24(35-2)13-20(14-25(16)36-3)28(32)26(37-21-10-17-6-4-5-7-18(17)11-21)15-27-30-22-9-8-19(29(33)34)12-23(22)31-27/h4-9,12-14,21,26,28,32H,10-11,15H2,1-3H3,(H,30,31)(H,33,34)/t26-,28+/m0/s1. The van der Waals surface area contributed by atoms with Gasteiger partial charge in [0, 0.05) is 12.0 Å². The Kier molecular flexibility index (Phi) is 6.86. The summed E-state index contributed by atoms with van der Waals surface area (Å²) >= 11 is 0. The minimum Gasteiger partial charge on any atom is -0.496 e. The lowest BCUT2D eigenvalue weighted by atomic mass is 9.99. The minimum atomic E-state index is -1.00. The summed E-state index contributed by atoms with van der Waals surface area (Å²) < 4.78 is 17.6. The molecule has 37 heavy (non-hydrogen) atoms. The molecule has 0 spiro atoms. The number of aromatic carboxylic acids is 1. The van der Waals surface area contributed by atoms with Crippen molar-refractivity contribution in [2.45, 2.75) is 44.5 Å². The molecular weight excluding hydrogens is 472 g/mol. The maximum Gasteiger partial charge on any atom is 0.335 e. The summed E-state index contributed by atoms with van der Waals surface area (Å²) in [6, 6.07) is 16.6. The first-order valence-corrected chi connectivity index (χ1v) is 12.2. The van der Waals surface area contributed by atoms with Crippen molar-refractivity contribution in [2.75, 3.05) is 14.2 Å². The van der Waals surface area contributed by atoms with Gasteiger partial charge in [-0.2, -0.15) is 0 Å². The van der Waals surface area contributed by atoms with Gasteiger partial charge in [-0.25, -0.2) is 9.78 Å². The zero-order chi connectivity index (χ0) is 26.1. The number of carboxylic acid groups (broad SMARTS) is 1. The normalized spacial score (nSPS) is 14.9. The van der Waals surface area contributed by atoms with E-state index in [0.29, 0.717) is 40.3 Å². The van der Waals surface area contributed by atoms with E-state index in [0.717, 1.165) is 18.4 Å². The number of benzene rings is 3. The van der Waals surface area contributed by atoms with Crippen molar-refractivity contribution in [3.63, 3.8) is 0 Å². The van der Waals surface area contributed by atoms with Gasteiger partial charge >= 0.3 is 5.97 Å². The second kappa shape index (κ2) is 10.2. The fourth-order valence-corrected chi connectivity index (χ4v) is 5.07. The van der Waals surface area contributed by atoms with E-state index < -0.39 is 18.2 Å². The second-order valence-corrected chi connectivity index (χ2v) is 9.39. The SMILES string of the molecule is COc1cc([C@@H](O)[C@H](Cc2nc3ccc(C(=O)O)cc3[nH]2)OC2Cc3ccccc3C2)cc(OC)c1C. The van der Waals surface area contributed by atoms with Gasteiger partial charge in [0.15, 0.2) is 0 Å². The zero-order valence-corrected chi connectivity index (χ0v) is 21.0. The van der Waals surface area contributed by atoms with Crippen LogP contribution in [0.3, 0.4) is 0 Å². The number of carboxylic acids is 1. The number of aliphatic hydroxyl groups excluding tert-OH is 1. The largest absolute Gasteiger partial charge is 0.496 e. The number of hydrogen-bond acceptors (Lipinski definition) is 6. The van der Waals surface area contributed by atoms with E-state index in [1.165, 1.54) is 17.2 Å². The van der Waals surface area contributed by atoms with Gasteiger partial charge < -0.3 is 29.4 Å². The van der Waals surface area contributed by atoms with Crippen LogP contribution in [-0.2, 0) is 24.0 Å². The van der Waals surface area contributed by atoms with E-state index in [2.05, 4.69) is 22.1 Å². The van der Waals surface area contributed by atoms with Crippen LogP contribution >= 0.6 is 0 Å². The molecule has 0 bridgehead atoms. The molecule has 0 unspecified atom stereocenters. The number of nitrogens with zero attached hydrogens (tertiary/aromatic N) is 1. The number of hydrogen-bond donors (Lipinski definition) is 3. The van der Waals surface area contributed by atoms with Gasteiger partial charge in [0.1, 0.15) is 23.4 Å². The van der Waals surface area contributed by atoms with Crippen LogP contribution in [-0.4, -0.2) is 52.6 Å². The highest BCUT2D eigenvalue weighted by Gasteiger charge is 2.31. The number of fused-ring (bicyclic) bond motifs is 2. The molecule has 1 aromatic heterocycles. The number of rotatable bonds is 9. The van der Waals surface area contributed by atoms with Crippen LogP contribution in [0.2, 0.25) is 0 Å². The maximum absolute atomic E-state index is 11.6. The average molecular weight is 503 g/mol. The Bertz CT molecular complexity index is 1400. The topological polar surface area (TPSA) is 114 Å². The number of imidazole rings is 1. The van der Waals surface area contributed by atoms with Gasteiger partial charge in [-0.3, -0.25) is 0 Å². The number of methoxy groups -OCH3 is 2. The molecule has 1 aliphatic rings. The number of H-pyrrole nitrogens is 1. The summed E-state index contributed by atoms with van der Waals surface area (Å²) in [5.41, 5.74) is 5.42. The van der Waals surface area contributed by atoms with Crippen LogP contribution in [0.4, 0.5) is 0 Å². The molecule has 0 amide bonds. The molecule has 5 rings (SSSR count). The molecule has 0 aliphatic heterocycles. The molecule has 0 saturated heterocycles. The first-order chi connectivity index (χ1) is 17.9. The van der Waals surface area contributed by atoms with Gasteiger partial charge in [-0.15, -0.1) is 0 Å². The number of ether oxygens (including phenoxy) is 3. The number of carbonyl (C=O) groups is 1. The van der Waals surface area contributed by atoms with Crippen molar-refractivity contribution < 1.29 is 29.2 Å². The molecule has 0 radical (unpaired) electrons. The van der Waals surface area contributed by atoms with Crippen molar-refractivity contribution in [1.82, 2.24) is 9.97 Å². The lowest BCUT2D eigenvalue weighted by molar-refractivity contribution is -0.0750. The predicted molar refractivity (Wildman–Crippen MR) is 139 cm³/mol. The Morgan fingerprint density at radius 1 is 1.05 bits per heavy atom. The summed E-state index contributed by atoms with van der Waals surface area (Å²) in [7, 11) is 3.17. The van der Waals surface area contributed by atoms with Crippen molar-refractivity contribution in [2.24, 2.45) is 0 Å². The Hall–Kier alpha value is -3.88. The molecule has 3 N–H and O–H groups in total. The molecule has 8 nitrogen and oxygen atoms in total. The smallest absolute Gasteiger partial charge is 0.335 e. The van der Waals surface area contributed by atoms with Crippen LogP contribution in [0.1, 0.15) is 44.5 Å². The number of aliphatic hydroxyl groups is 1. The number of aromatic amines is 1. The van der Waals surface area contributed by atoms with Crippen LogP contribution in [0.5, 0.6) is 11.5 Å². The molecular formula is C29H30N2O6. The maximum atomic E-state index is 11.6. The van der Waals surface area contributed by atoms with Crippen molar-refractivity contribution in [1.29, 1.82) is 0 Å². The molecule has 0 saturated carbocycles. The molecule has 2 atom stereocenters. The molecule has 4 aromatic rings. The van der Waals surface area contributed by atoms with E-state index in [9.17, 15) is 15.0 Å². The third-order valence-corrected chi connectivity index (χ3v) is 7.02. The van der Waals surface area contributed by atoms with Gasteiger partial charge in [0.2, 0.25) is 0 Å². The van der Waals surface area contributed by atoms with Crippen molar-refractivity contribution in [3.05, 3.63) is 88.2 Å². The Morgan fingerprint density at radius 3 is 2.30 bits per heavy atom. The first kappa shape index (κ1) is 24.8. The van der Waals surface area contributed by atoms with Crippen LogP contribution in [0.15, 0.2) is 54.6 Å². The summed E-state index contributed by atoms with van der Waals surface area (Å²) in [5.74, 6) is 0.830. The monoisotopic (exact) mass is 502 g/mol. The van der Waals surface area contributed by atoms with Gasteiger partial charge in [0.05, 0.1) is 43.0 Å². The quantitative estimate of drug-likeness (QED) is 0.311. The lowest BCUT2D eigenvalue weighted by Crippen LogP contribution is -2.31. The fraction of sp³-hybridized carbons (Fsp3) is 0.310. The third-order valence-electron chi connectivity index (χ3n) is 7.02. The molecule has 8 heteroatoms. The van der Waals surface area contributed by atoms with Gasteiger partial charge in [-0.1, -0.05) is 24.3 Å². The van der Waals surface area contributed by atoms with E-state index in [1.54, 1.807) is 38.5 Å². The van der Waals surface area contributed by atoms with Crippen LogP contribution < -0.4 is 9.47 Å². The first-order valence-electron chi connectivity index (χ1n) is 12.2. The molecule has 1 heterocycles. The van der Waals surface area contributed by atoms with E-state index in [4.69, 9.17) is 14.2 Å². The summed E-state index contributed by atoms with van der Waals surface area (Å²) in [5, 5.41) is 20.9. The summed E-state index contributed by atoms with van der Waals surface area (Å²) in [6.45, 7) is 1.90. The van der Waals surface area contributed by atoms with E-state index in [-0.39, 0.29) is 11.7 Å². The second-order valence-electron chi connectivity index (χ2n) is 9.39. The molecule has 1 aliphatic carbocycles. The summed E-state index contributed by atoms with van der Waals surface area (Å²) in [6.07, 6.45) is 0.119. The summed E-state index contributed by atoms with van der Waals surface area (Å²) in [4.78, 5) is 19.2. The highest BCUT2D eigenvalue weighted by Crippen LogP contribution is 2.35. The zero-order valence-electron chi connectivity index (χ0n) is 21.0. The van der Waals surface area contributed by atoms with E-state index >= 15 is 0 Å². The average Bonchev–Trinajstić information content (AvgIpc) is 3.50. The number of nitrogens with one attached hydrogen (secondary N) is 1. The molecule has 192 valence electrons. The highest BCUT2D eigenvalue weighted by molar-refractivity contribution is 5.92.